The molecule has 0 aliphatic carbocycles. The van der Waals surface area contributed by atoms with E-state index in [0.29, 0.717) is 23.4 Å². The maximum absolute atomic E-state index is 11.0. The fourth-order valence-corrected chi connectivity index (χ4v) is 1.48. The van der Waals surface area contributed by atoms with E-state index in [0.717, 1.165) is 0 Å². The lowest BCUT2D eigenvalue weighted by atomic mass is 10.1. The Kier molecular flexibility index (Phi) is 3.92. The van der Waals surface area contributed by atoms with Crippen LogP contribution in [0.3, 0.4) is 0 Å². The van der Waals surface area contributed by atoms with Crippen molar-refractivity contribution >= 4 is 12.3 Å². The molecule has 0 atom stereocenters. The average molecular weight is 261 g/mol. The summed E-state index contributed by atoms with van der Waals surface area (Å²) in [5, 5.41) is 0. The van der Waals surface area contributed by atoms with Crippen molar-refractivity contribution in [2.75, 3.05) is 13.7 Å². The van der Waals surface area contributed by atoms with Gasteiger partial charge in [-0.1, -0.05) is 12.1 Å². The second kappa shape index (κ2) is 5.81. The van der Waals surface area contributed by atoms with E-state index in [2.05, 4.69) is 9.72 Å². The van der Waals surface area contributed by atoms with Crippen molar-refractivity contribution < 1.29 is 23.5 Å². The SMILES string of the molecule is COC(=O)COc1cccc(-c2ocnc2C=O)c1. The first-order chi connectivity index (χ1) is 9.24. The number of rotatable bonds is 5. The molecule has 6 heteroatoms. The second-order valence-electron chi connectivity index (χ2n) is 3.58. The first-order valence-electron chi connectivity index (χ1n) is 5.43. The molecule has 1 aromatic carbocycles. The quantitative estimate of drug-likeness (QED) is 0.602. The topological polar surface area (TPSA) is 78.6 Å². The molecule has 1 heterocycles. The van der Waals surface area contributed by atoms with E-state index in [4.69, 9.17) is 9.15 Å². The van der Waals surface area contributed by atoms with Crippen LogP contribution in [0.4, 0.5) is 0 Å². The molecular weight excluding hydrogens is 250 g/mol. The van der Waals surface area contributed by atoms with E-state index in [1.165, 1.54) is 13.5 Å². The summed E-state index contributed by atoms with van der Waals surface area (Å²) in [5.74, 6) is 0.355. The maximum Gasteiger partial charge on any atom is 0.343 e. The molecule has 0 N–H and O–H groups in total. The van der Waals surface area contributed by atoms with Crippen LogP contribution in [0.15, 0.2) is 35.1 Å². The number of esters is 1. The zero-order valence-corrected chi connectivity index (χ0v) is 10.2. The minimum atomic E-state index is -0.473. The summed E-state index contributed by atoms with van der Waals surface area (Å²) in [7, 11) is 1.28. The van der Waals surface area contributed by atoms with E-state index in [1.54, 1.807) is 24.3 Å². The number of carbonyl (C=O) groups is 2. The molecule has 0 spiro atoms. The van der Waals surface area contributed by atoms with E-state index in [1.807, 2.05) is 0 Å². The zero-order valence-electron chi connectivity index (χ0n) is 10.2. The van der Waals surface area contributed by atoms with Gasteiger partial charge in [0.25, 0.3) is 0 Å². The molecule has 19 heavy (non-hydrogen) atoms. The minimum Gasteiger partial charge on any atom is -0.482 e. The van der Waals surface area contributed by atoms with Gasteiger partial charge in [0.15, 0.2) is 25.0 Å². The summed E-state index contributed by atoms with van der Waals surface area (Å²) >= 11 is 0. The van der Waals surface area contributed by atoms with Crippen molar-refractivity contribution in [3.05, 3.63) is 36.4 Å². The predicted octanol–water partition coefficient (Wildman–Crippen LogP) is 1.71. The van der Waals surface area contributed by atoms with E-state index < -0.39 is 5.97 Å². The smallest absolute Gasteiger partial charge is 0.343 e. The van der Waals surface area contributed by atoms with Crippen molar-refractivity contribution in [2.24, 2.45) is 0 Å². The van der Waals surface area contributed by atoms with Crippen LogP contribution in [0.2, 0.25) is 0 Å². The number of hydrogen-bond acceptors (Lipinski definition) is 6. The second-order valence-corrected chi connectivity index (χ2v) is 3.58. The first kappa shape index (κ1) is 12.8. The van der Waals surface area contributed by atoms with Crippen LogP contribution < -0.4 is 4.74 Å². The van der Waals surface area contributed by atoms with Crippen LogP contribution in [0.1, 0.15) is 10.5 Å². The van der Waals surface area contributed by atoms with Crippen molar-refractivity contribution in [3.63, 3.8) is 0 Å². The molecule has 0 aliphatic heterocycles. The molecule has 0 fully saturated rings. The van der Waals surface area contributed by atoms with Gasteiger partial charge in [-0.25, -0.2) is 9.78 Å². The van der Waals surface area contributed by atoms with Gasteiger partial charge in [0.1, 0.15) is 11.4 Å². The van der Waals surface area contributed by atoms with Crippen LogP contribution in [-0.4, -0.2) is 31.0 Å². The van der Waals surface area contributed by atoms with Gasteiger partial charge in [0, 0.05) is 5.56 Å². The van der Waals surface area contributed by atoms with Crippen LogP contribution in [0.25, 0.3) is 11.3 Å². The Labute approximate surface area is 109 Å². The lowest BCUT2D eigenvalue weighted by Crippen LogP contribution is -2.12. The summed E-state index contributed by atoms with van der Waals surface area (Å²) in [6, 6.07) is 6.80. The Morgan fingerprint density at radius 1 is 1.47 bits per heavy atom. The number of aldehydes is 1. The van der Waals surface area contributed by atoms with Crippen LogP contribution in [0.5, 0.6) is 5.75 Å². The largest absolute Gasteiger partial charge is 0.482 e. The van der Waals surface area contributed by atoms with Gasteiger partial charge < -0.3 is 13.9 Å². The highest BCUT2D eigenvalue weighted by molar-refractivity contribution is 5.82. The number of carbonyl (C=O) groups excluding carboxylic acids is 2. The molecule has 6 nitrogen and oxygen atoms in total. The van der Waals surface area contributed by atoms with Gasteiger partial charge in [-0.05, 0) is 12.1 Å². The van der Waals surface area contributed by atoms with E-state index >= 15 is 0 Å². The molecule has 0 saturated heterocycles. The van der Waals surface area contributed by atoms with Gasteiger partial charge in [-0.2, -0.15) is 0 Å². The Morgan fingerprint density at radius 3 is 3.05 bits per heavy atom. The summed E-state index contributed by atoms with van der Waals surface area (Å²) in [4.78, 5) is 25.5. The third kappa shape index (κ3) is 2.98. The lowest BCUT2D eigenvalue weighted by molar-refractivity contribution is -0.142. The zero-order chi connectivity index (χ0) is 13.7. The monoisotopic (exact) mass is 261 g/mol. The fourth-order valence-electron chi connectivity index (χ4n) is 1.48. The standard InChI is InChI=1S/C13H11NO5/c1-17-12(16)7-18-10-4-2-3-9(5-10)13-11(6-15)14-8-19-13/h2-6,8H,7H2,1H3. The van der Waals surface area contributed by atoms with E-state index in [9.17, 15) is 9.59 Å². The number of benzene rings is 1. The summed E-state index contributed by atoms with van der Waals surface area (Å²) in [6.07, 6.45) is 1.81. The van der Waals surface area contributed by atoms with Crippen molar-refractivity contribution in [2.45, 2.75) is 0 Å². The number of hydrogen-bond donors (Lipinski definition) is 0. The van der Waals surface area contributed by atoms with Crippen molar-refractivity contribution in [1.29, 1.82) is 0 Å². The minimum absolute atomic E-state index is 0.184. The normalized spacial score (nSPS) is 9.95. The summed E-state index contributed by atoms with van der Waals surface area (Å²) < 4.78 is 14.9. The predicted molar refractivity (Wildman–Crippen MR) is 64.8 cm³/mol. The number of oxazole rings is 1. The van der Waals surface area contributed by atoms with Crippen LogP contribution in [-0.2, 0) is 9.53 Å². The molecule has 98 valence electrons. The molecule has 0 amide bonds. The Balaban J connectivity index is 2.20. The molecule has 0 radical (unpaired) electrons. The third-order valence-corrected chi connectivity index (χ3v) is 2.39. The Bertz CT molecular complexity index is 590. The highest BCUT2D eigenvalue weighted by Gasteiger charge is 2.11. The lowest BCUT2D eigenvalue weighted by Gasteiger charge is -2.05. The fraction of sp³-hybridized carbons (Fsp3) is 0.154. The molecule has 0 aliphatic rings. The van der Waals surface area contributed by atoms with Crippen LogP contribution >= 0.6 is 0 Å². The number of nitrogens with zero attached hydrogens (tertiary/aromatic N) is 1. The number of methoxy groups -OCH3 is 1. The van der Waals surface area contributed by atoms with Crippen LogP contribution in [0, 0.1) is 0 Å². The molecule has 1 aromatic heterocycles. The third-order valence-electron chi connectivity index (χ3n) is 2.39. The van der Waals surface area contributed by atoms with Gasteiger partial charge >= 0.3 is 5.97 Å². The average Bonchev–Trinajstić information content (AvgIpc) is 2.93. The first-order valence-corrected chi connectivity index (χ1v) is 5.43. The van der Waals surface area contributed by atoms with Crippen molar-refractivity contribution in [1.82, 2.24) is 4.98 Å². The van der Waals surface area contributed by atoms with Gasteiger partial charge in [-0.3, -0.25) is 4.79 Å². The number of aromatic nitrogens is 1. The molecule has 0 saturated carbocycles. The molecule has 2 aromatic rings. The Hall–Kier alpha value is -2.63. The molecule has 0 unspecified atom stereocenters. The maximum atomic E-state index is 11.0. The Morgan fingerprint density at radius 2 is 2.32 bits per heavy atom. The van der Waals surface area contributed by atoms with Gasteiger partial charge in [0.05, 0.1) is 7.11 Å². The van der Waals surface area contributed by atoms with Gasteiger partial charge in [-0.15, -0.1) is 0 Å². The van der Waals surface area contributed by atoms with Gasteiger partial charge in [0.2, 0.25) is 0 Å². The highest BCUT2D eigenvalue weighted by atomic mass is 16.6. The summed E-state index contributed by atoms with van der Waals surface area (Å²) in [5.41, 5.74) is 0.854. The molecule has 2 rings (SSSR count). The highest BCUT2D eigenvalue weighted by Crippen LogP contribution is 2.25. The summed E-state index contributed by atoms with van der Waals surface area (Å²) in [6.45, 7) is -0.184. The van der Waals surface area contributed by atoms with E-state index in [-0.39, 0.29) is 12.3 Å². The molecule has 0 bridgehead atoms. The molecular formula is C13H11NO5. The van der Waals surface area contributed by atoms with Crippen molar-refractivity contribution in [3.8, 4) is 17.1 Å². The number of ether oxygens (including phenoxy) is 2.